The Morgan fingerprint density at radius 2 is 2.12 bits per heavy atom. The van der Waals surface area contributed by atoms with Crippen LogP contribution in [0.1, 0.15) is 43.5 Å². The molecular formula is C18H23FN2O3. The van der Waals surface area contributed by atoms with E-state index in [1.807, 2.05) is 13.8 Å². The van der Waals surface area contributed by atoms with Crippen molar-refractivity contribution in [2.75, 3.05) is 11.9 Å². The third-order valence-electron chi connectivity index (χ3n) is 4.81. The molecule has 3 rings (SSSR count). The molecule has 1 aliphatic carbocycles. The number of anilines is 1. The Morgan fingerprint density at radius 3 is 2.75 bits per heavy atom. The molecule has 1 saturated heterocycles. The quantitative estimate of drug-likeness (QED) is 0.870. The predicted molar refractivity (Wildman–Crippen MR) is 88.2 cm³/mol. The Bertz CT molecular complexity index is 643. The summed E-state index contributed by atoms with van der Waals surface area (Å²) in [6.45, 7) is 4.58. The zero-order valence-corrected chi connectivity index (χ0v) is 14.0. The number of carbonyl (C=O) groups is 2. The van der Waals surface area contributed by atoms with Gasteiger partial charge in [-0.25, -0.2) is 4.39 Å². The Hall–Kier alpha value is -1.95. The van der Waals surface area contributed by atoms with E-state index in [1.54, 1.807) is 0 Å². The van der Waals surface area contributed by atoms with Crippen molar-refractivity contribution < 1.29 is 18.7 Å². The highest BCUT2D eigenvalue weighted by molar-refractivity contribution is 6.04. The Balaban J connectivity index is 1.71. The predicted octanol–water partition coefficient (Wildman–Crippen LogP) is 2.72. The lowest BCUT2D eigenvalue weighted by Gasteiger charge is -2.21. The number of amides is 2. The van der Waals surface area contributed by atoms with Crippen LogP contribution in [0.3, 0.4) is 0 Å². The molecule has 130 valence electrons. The number of carbonyl (C=O) groups excluding carboxylic acids is 2. The van der Waals surface area contributed by atoms with Gasteiger partial charge in [0.15, 0.2) is 0 Å². The highest BCUT2D eigenvalue weighted by atomic mass is 19.1. The van der Waals surface area contributed by atoms with E-state index in [2.05, 4.69) is 10.6 Å². The summed E-state index contributed by atoms with van der Waals surface area (Å²) in [5, 5.41) is 5.61. The van der Waals surface area contributed by atoms with Crippen molar-refractivity contribution in [3.05, 3.63) is 29.6 Å². The van der Waals surface area contributed by atoms with Gasteiger partial charge in [0, 0.05) is 12.5 Å². The van der Waals surface area contributed by atoms with E-state index in [1.165, 1.54) is 12.1 Å². The van der Waals surface area contributed by atoms with Gasteiger partial charge in [0.25, 0.3) is 5.91 Å². The Morgan fingerprint density at radius 1 is 1.38 bits per heavy atom. The first-order chi connectivity index (χ1) is 11.5. The first-order valence-electron chi connectivity index (χ1n) is 8.48. The van der Waals surface area contributed by atoms with Gasteiger partial charge in [0.1, 0.15) is 5.82 Å². The fourth-order valence-corrected chi connectivity index (χ4v) is 3.10. The third-order valence-corrected chi connectivity index (χ3v) is 4.81. The molecule has 0 spiro atoms. The molecule has 0 radical (unpaired) electrons. The fraction of sp³-hybridized carbons (Fsp3) is 0.556. The van der Waals surface area contributed by atoms with Gasteiger partial charge < -0.3 is 15.4 Å². The minimum atomic E-state index is -0.511. The van der Waals surface area contributed by atoms with Crippen LogP contribution in [0.4, 0.5) is 10.1 Å². The summed E-state index contributed by atoms with van der Waals surface area (Å²) in [5.74, 6) is -0.686. The lowest BCUT2D eigenvalue weighted by Crippen LogP contribution is -2.41. The molecule has 2 aliphatic rings. The molecule has 0 bridgehead atoms. The molecule has 1 aromatic rings. The van der Waals surface area contributed by atoms with Crippen molar-refractivity contribution in [1.82, 2.24) is 5.32 Å². The van der Waals surface area contributed by atoms with Gasteiger partial charge >= 0.3 is 0 Å². The molecule has 1 heterocycles. The van der Waals surface area contributed by atoms with E-state index in [4.69, 9.17) is 4.74 Å². The van der Waals surface area contributed by atoms with Crippen LogP contribution >= 0.6 is 0 Å². The van der Waals surface area contributed by atoms with E-state index in [9.17, 15) is 14.0 Å². The van der Waals surface area contributed by atoms with E-state index in [0.717, 1.165) is 25.3 Å². The number of ether oxygens (including phenoxy) is 1. The van der Waals surface area contributed by atoms with Crippen LogP contribution in [0.25, 0.3) is 0 Å². The lowest BCUT2D eigenvalue weighted by atomic mass is 10.1. The van der Waals surface area contributed by atoms with Gasteiger partial charge in [-0.2, -0.15) is 0 Å². The van der Waals surface area contributed by atoms with Crippen molar-refractivity contribution in [2.24, 2.45) is 11.8 Å². The summed E-state index contributed by atoms with van der Waals surface area (Å²) < 4.78 is 19.2. The van der Waals surface area contributed by atoms with Crippen LogP contribution in [-0.2, 0) is 9.53 Å². The second-order valence-corrected chi connectivity index (χ2v) is 6.81. The SMILES string of the molecule is C[C@@H]1C[C@@H]1C(=O)Nc1ccc(F)cc1C(=O)N[C@H](C)[C@@H]1CCCO1. The molecule has 2 amide bonds. The minimum absolute atomic E-state index is 0.0169. The monoisotopic (exact) mass is 334 g/mol. The lowest BCUT2D eigenvalue weighted by molar-refractivity contribution is -0.117. The number of hydrogen-bond donors (Lipinski definition) is 2. The summed E-state index contributed by atoms with van der Waals surface area (Å²) in [5.41, 5.74) is 0.485. The normalized spacial score (nSPS) is 26.7. The molecule has 4 atom stereocenters. The van der Waals surface area contributed by atoms with Gasteiger partial charge in [-0.05, 0) is 50.3 Å². The van der Waals surface area contributed by atoms with Crippen molar-refractivity contribution in [2.45, 2.75) is 45.3 Å². The van der Waals surface area contributed by atoms with Gasteiger partial charge in [-0.15, -0.1) is 0 Å². The largest absolute Gasteiger partial charge is 0.376 e. The molecule has 0 aromatic heterocycles. The molecule has 2 N–H and O–H groups in total. The first kappa shape index (κ1) is 16.9. The van der Waals surface area contributed by atoms with Crippen molar-refractivity contribution >= 4 is 17.5 Å². The van der Waals surface area contributed by atoms with Crippen LogP contribution in [0.5, 0.6) is 0 Å². The second kappa shape index (κ2) is 6.89. The summed E-state index contributed by atoms with van der Waals surface area (Å²) in [7, 11) is 0. The number of halogens is 1. The number of nitrogens with one attached hydrogen (secondary N) is 2. The van der Waals surface area contributed by atoms with E-state index in [-0.39, 0.29) is 29.5 Å². The van der Waals surface area contributed by atoms with Crippen molar-refractivity contribution in [3.8, 4) is 0 Å². The zero-order valence-electron chi connectivity index (χ0n) is 14.0. The van der Waals surface area contributed by atoms with E-state index >= 15 is 0 Å². The molecule has 2 fully saturated rings. The van der Waals surface area contributed by atoms with Crippen LogP contribution in [0, 0.1) is 17.7 Å². The maximum absolute atomic E-state index is 13.6. The molecule has 6 heteroatoms. The average molecular weight is 334 g/mol. The average Bonchev–Trinajstić information content (AvgIpc) is 3.05. The van der Waals surface area contributed by atoms with Gasteiger partial charge in [-0.1, -0.05) is 6.92 Å². The van der Waals surface area contributed by atoms with Crippen LogP contribution in [0.2, 0.25) is 0 Å². The van der Waals surface area contributed by atoms with Gasteiger partial charge in [0.2, 0.25) is 5.91 Å². The van der Waals surface area contributed by atoms with E-state index in [0.29, 0.717) is 18.2 Å². The third kappa shape index (κ3) is 3.75. The number of hydrogen-bond acceptors (Lipinski definition) is 3. The van der Waals surface area contributed by atoms with Crippen molar-refractivity contribution in [3.63, 3.8) is 0 Å². The molecule has 1 aromatic carbocycles. The summed E-state index contributed by atoms with van der Waals surface area (Å²) in [6, 6.07) is 3.66. The Labute approximate surface area is 141 Å². The van der Waals surface area contributed by atoms with Crippen LogP contribution in [-0.4, -0.2) is 30.6 Å². The highest BCUT2D eigenvalue weighted by Gasteiger charge is 2.39. The molecule has 1 saturated carbocycles. The minimum Gasteiger partial charge on any atom is -0.376 e. The number of rotatable bonds is 5. The molecule has 24 heavy (non-hydrogen) atoms. The van der Waals surface area contributed by atoms with Crippen molar-refractivity contribution in [1.29, 1.82) is 0 Å². The van der Waals surface area contributed by atoms with Gasteiger partial charge in [0.05, 0.1) is 23.4 Å². The highest BCUT2D eigenvalue weighted by Crippen LogP contribution is 2.38. The van der Waals surface area contributed by atoms with Crippen LogP contribution in [0.15, 0.2) is 18.2 Å². The Kier molecular flexibility index (Phi) is 4.85. The maximum atomic E-state index is 13.6. The summed E-state index contributed by atoms with van der Waals surface area (Å²) in [6.07, 6.45) is 2.71. The van der Waals surface area contributed by atoms with Gasteiger partial charge in [-0.3, -0.25) is 9.59 Å². The second-order valence-electron chi connectivity index (χ2n) is 6.81. The molecule has 0 unspecified atom stereocenters. The summed E-state index contributed by atoms with van der Waals surface area (Å²) >= 11 is 0. The number of benzene rings is 1. The standard InChI is InChI=1S/C18H23FN2O3/c1-10-8-13(10)17(22)21-15-6-5-12(19)9-14(15)18(23)20-11(2)16-4-3-7-24-16/h5-6,9-11,13,16H,3-4,7-8H2,1-2H3,(H,20,23)(H,21,22)/t10-,11-,13+,16+/m1/s1. The first-order valence-corrected chi connectivity index (χ1v) is 8.48. The smallest absolute Gasteiger partial charge is 0.253 e. The fourth-order valence-electron chi connectivity index (χ4n) is 3.10. The van der Waals surface area contributed by atoms with E-state index < -0.39 is 11.7 Å². The molecular weight excluding hydrogens is 311 g/mol. The zero-order chi connectivity index (χ0) is 17.3. The van der Waals surface area contributed by atoms with Crippen LogP contribution < -0.4 is 10.6 Å². The molecule has 5 nitrogen and oxygen atoms in total. The summed E-state index contributed by atoms with van der Waals surface area (Å²) in [4.78, 5) is 24.7. The maximum Gasteiger partial charge on any atom is 0.253 e. The molecule has 1 aliphatic heterocycles. The topological polar surface area (TPSA) is 67.4 Å².